The Bertz CT molecular complexity index is 381. The van der Waals surface area contributed by atoms with Gasteiger partial charge in [-0.2, -0.15) is 0 Å². The normalized spacial score (nSPS) is 9.70. The van der Waals surface area contributed by atoms with Gasteiger partial charge in [0, 0.05) is 6.42 Å². The zero-order chi connectivity index (χ0) is 18.8. The van der Waals surface area contributed by atoms with Crippen molar-refractivity contribution in [3.05, 3.63) is 12.7 Å². The maximum Gasteiger partial charge on any atom is 0.408 e. The fraction of sp³-hybridized carbons (Fsp3) is 0.571. The summed E-state index contributed by atoms with van der Waals surface area (Å²) in [5.41, 5.74) is 0. The summed E-state index contributed by atoms with van der Waals surface area (Å²) in [6, 6.07) is -1.44. The maximum absolute atomic E-state index is 10.9. The molecule has 0 spiro atoms. The summed E-state index contributed by atoms with van der Waals surface area (Å²) in [6.45, 7) is 8.64. The SMILES string of the molecule is C=CCC.CC.O=C(O)CCC(NC(=O)OCC(=O)O)C(=O)O. The first kappa shape index (κ1) is 25.4. The van der Waals surface area contributed by atoms with Gasteiger partial charge in [0.2, 0.25) is 0 Å². The Kier molecular flexibility index (Phi) is 19.3. The van der Waals surface area contributed by atoms with Gasteiger partial charge in [0.25, 0.3) is 0 Å². The van der Waals surface area contributed by atoms with Crippen molar-refractivity contribution in [1.82, 2.24) is 5.32 Å². The van der Waals surface area contributed by atoms with Crippen molar-refractivity contribution in [2.75, 3.05) is 6.61 Å². The van der Waals surface area contributed by atoms with E-state index in [0.29, 0.717) is 0 Å². The molecule has 1 atom stereocenters. The number of carboxylic acid groups (broad SMARTS) is 3. The van der Waals surface area contributed by atoms with Crippen LogP contribution in [0, 0.1) is 0 Å². The third kappa shape index (κ3) is 21.9. The summed E-state index contributed by atoms with van der Waals surface area (Å²) < 4.78 is 4.13. The second kappa shape index (κ2) is 17.5. The van der Waals surface area contributed by atoms with E-state index in [1.54, 1.807) is 0 Å². The van der Waals surface area contributed by atoms with Gasteiger partial charge in [-0.3, -0.25) is 4.79 Å². The standard InChI is InChI=1S/C8H11NO8.C4H8.C2H6/c10-5(11)2-1-4(7(14)15)9-8(16)17-3-6(12)13;1-3-4-2;1-2/h4H,1-3H2,(H,9,16)(H,10,11)(H,12,13)(H,14,15);3H,1,4H2,2H3;1-2H3. The number of carbonyl (C=O) groups is 4. The number of carbonyl (C=O) groups excluding carboxylic acids is 1. The minimum absolute atomic E-state index is 0.327. The lowest BCUT2D eigenvalue weighted by Gasteiger charge is -2.12. The van der Waals surface area contributed by atoms with Gasteiger partial charge in [0.1, 0.15) is 6.04 Å². The average Bonchev–Trinajstić information content (AvgIpc) is 2.51. The highest BCUT2D eigenvalue weighted by atomic mass is 16.6. The van der Waals surface area contributed by atoms with Crippen LogP contribution in [0.25, 0.3) is 0 Å². The number of carboxylic acids is 3. The van der Waals surface area contributed by atoms with E-state index in [2.05, 4.69) is 18.2 Å². The van der Waals surface area contributed by atoms with Crippen LogP contribution in [0.3, 0.4) is 0 Å². The lowest BCUT2D eigenvalue weighted by atomic mass is 10.1. The van der Waals surface area contributed by atoms with Crippen molar-refractivity contribution in [3.63, 3.8) is 0 Å². The van der Waals surface area contributed by atoms with Crippen LogP contribution in [-0.4, -0.2) is 52.0 Å². The first-order valence-corrected chi connectivity index (χ1v) is 6.95. The molecule has 0 heterocycles. The van der Waals surface area contributed by atoms with Crippen LogP contribution in [0.4, 0.5) is 4.79 Å². The zero-order valence-electron chi connectivity index (χ0n) is 13.6. The Hall–Kier alpha value is -2.58. The van der Waals surface area contributed by atoms with Gasteiger partial charge in [-0.05, 0) is 12.8 Å². The number of nitrogens with one attached hydrogen (secondary N) is 1. The Morgan fingerprint density at radius 2 is 1.61 bits per heavy atom. The minimum Gasteiger partial charge on any atom is -0.481 e. The van der Waals surface area contributed by atoms with E-state index in [9.17, 15) is 19.2 Å². The van der Waals surface area contributed by atoms with Crippen LogP contribution in [0.15, 0.2) is 12.7 Å². The molecule has 1 unspecified atom stereocenters. The topological polar surface area (TPSA) is 150 Å². The molecule has 0 aromatic rings. The monoisotopic (exact) mass is 335 g/mol. The molecule has 0 aliphatic rings. The first-order valence-electron chi connectivity index (χ1n) is 6.95. The van der Waals surface area contributed by atoms with Crippen molar-refractivity contribution in [3.8, 4) is 0 Å². The molecule has 0 radical (unpaired) electrons. The average molecular weight is 335 g/mol. The lowest BCUT2D eigenvalue weighted by Crippen LogP contribution is -2.41. The Labute approximate surface area is 134 Å². The molecule has 4 N–H and O–H groups in total. The summed E-state index contributed by atoms with van der Waals surface area (Å²) in [5.74, 6) is -4.03. The number of amides is 1. The summed E-state index contributed by atoms with van der Waals surface area (Å²) in [6.07, 6.45) is 0.952. The number of alkyl carbamates (subject to hydrolysis) is 1. The quantitative estimate of drug-likeness (QED) is 0.490. The van der Waals surface area contributed by atoms with E-state index in [-0.39, 0.29) is 6.42 Å². The van der Waals surface area contributed by atoms with E-state index in [1.807, 2.05) is 25.2 Å². The van der Waals surface area contributed by atoms with E-state index in [1.165, 1.54) is 0 Å². The van der Waals surface area contributed by atoms with Gasteiger partial charge >= 0.3 is 24.0 Å². The minimum atomic E-state index is -1.44. The largest absolute Gasteiger partial charge is 0.481 e. The van der Waals surface area contributed by atoms with Gasteiger partial charge in [0.05, 0.1) is 0 Å². The molecule has 0 saturated carbocycles. The Morgan fingerprint density at radius 1 is 1.13 bits per heavy atom. The van der Waals surface area contributed by atoms with Crippen LogP contribution in [-0.2, 0) is 19.1 Å². The van der Waals surface area contributed by atoms with Gasteiger partial charge in [0.15, 0.2) is 6.61 Å². The number of ether oxygens (including phenoxy) is 1. The molecule has 0 aromatic heterocycles. The molecule has 0 aliphatic carbocycles. The fourth-order valence-electron chi connectivity index (χ4n) is 0.836. The van der Waals surface area contributed by atoms with E-state index in [4.69, 9.17) is 15.3 Å². The summed E-state index contributed by atoms with van der Waals surface area (Å²) in [5, 5.41) is 27.0. The predicted molar refractivity (Wildman–Crippen MR) is 82.2 cm³/mol. The number of hydrogen-bond donors (Lipinski definition) is 4. The summed E-state index contributed by atoms with van der Waals surface area (Å²) in [7, 11) is 0. The highest BCUT2D eigenvalue weighted by molar-refractivity contribution is 5.81. The second-order valence-corrected chi connectivity index (χ2v) is 3.63. The molecule has 134 valence electrons. The van der Waals surface area contributed by atoms with Crippen LogP contribution in [0.1, 0.15) is 40.0 Å². The Morgan fingerprint density at radius 3 is 1.91 bits per heavy atom. The molecular formula is C14H25NO8. The Balaban J connectivity index is -0.000000574. The molecule has 0 aliphatic heterocycles. The number of allylic oxidation sites excluding steroid dienone is 1. The van der Waals surface area contributed by atoms with Crippen LogP contribution in [0.2, 0.25) is 0 Å². The molecule has 0 rings (SSSR count). The van der Waals surface area contributed by atoms with Crippen molar-refractivity contribution in [2.24, 2.45) is 0 Å². The highest BCUT2D eigenvalue weighted by Gasteiger charge is 2.21. The summed E-state index contributed by atoms with van der Waals surface area (Å²) >= 11 is 0. The molecule has 1 amide bonds. The van der Waals surface area contributed by atoms with Crippen LogP contribution >= 0.6 is 0 Å². The number of rotatable bonds is 8. The van der Waals surface area contributed by atoms with Crippen LogP contribution < -0.4 is 5.32 Å². The number of hydrogen-bond acceptors (Lipinski definition) is 5. The maximum atomic E-state index is 10.9. The number of aliphatic carboxylic acids is 3. The van der Waals surface area contributed by atoms with Gasteiger partial charge in [-0.25, -0.2) is 14.4 Å². The van der Waals surface area contributed by atoms with Gasteiger partial charge < -0.3 is 25.4 Å². The van der Waals surface area contributed by atoms with E-state index in [0.717, 1.165) is 6.42 Å². The van der Waals surface area contributed by atoms with Gasteiger partial charge in [-0.15, -0.1) is 6.58 Å². The van der Waals surface area contributed by atoms with Gasteiger partial charge in [-0.1, -0.05) is 26.8 Å². The third-order valence-electron chi connectivity index (χ3n) is 1.85. The molecule has 9 nitrogen and oxygen atoms in total. The van der Waals surface area contributed by atoms with Crippen molar-refractivity contribution >= 4 is 24.0 Å². The van der Waals surface area contributed by atoms with E-state index < -0.39 is 43.1 Å². The van der Waals surface area contributed by atoms with Crippen molar-refractivity contribution < 1.29 is 39.2 Å². The van der Waals surface area contributed by atoms with Crippen LogP contribution in [0.5, 0.6) is 0 Å². The third-order valence-corrected chi connectivity index (χ3v) is 1.85. The molecule has 0 saturated heterocycles. The molecule has 0 bridgehead atoms. The molecule has 0 aromatic carbocycles. The molecule has 9 heteroatoms. The lowest BCUT2D eigenvalue weighted by molar-refractivity contribution is -0.140. The summed E-state index contributed by atoms with van der Waals surface area (Å²) in [4.78, 5) is 41.8. The molecule has 0 fully saturated rings. The first-order chi connectivity index (χ1) is 10.7. The van der Waals surface area contributed by atoms with Crippen molar-refractivity contribution in [2.45, 2.75) is 46.1 Å². The smallest absolute Gasteiger partial charge is 0.408 e. The molecule has 23 heavy (non-hydrogen) atoms. The second-order valence-electron chi connectivity index (χ2n) is 3.63. The fourth-order valence-corrected chi connectivity index (χ4v) is 0.836. The predicted octanol–water partition coefficient (Wildman–Crippen LogP) is 1.72. The van der Waals surface area contributed by atoms with Crippen molar-refractivity contribution in [1.29, 1.82) is 0 Å². The zero-order valence-corrected chi connectivity index (χ0v) is 13.6. The highest BCUT2D eigenvalue weighted by Crippen LogP contribution is 1.98. The molecular weight excluding hydrogens is 310 g/mol. The van der Waals surface area contributed by atoms with E-state index >= 15 is 0 Å².